The van der Waals surface area contributed by atoms with Crippen molar-refractivity contribution in [2.24, 2.45) is 0 Å². The van der Waals surface area contributed by atoms with Crippen LogP contribution in [-0.4, -0.2) is 29.9 Å². The van der Waals surface area contributed by atoms with Gasteiger partial charge in [0.2, 0.25) is 5.91 Å². The molecule has 1 aliphatic heterocycles. The molecule has 2 amide bonds. The van der Waals surface area contributed by atoms with Gasteiger partial charge in [0, 0.05) is 24.7 Å². The van der Waals surface area contributed by atoms with Crippen molar-refractivity contribution >= 4 is 17.4 Å². The number of rotatable bonds is 7. The summed E-state index contributed by atoms with van der Waals surface area (Å²) in [4.78, 5) is 25.2. The van der Waals surface area contributed by atoms with E-state index in [0.717, 1.165) is 46.5 Å². The van der Waals surface area contributed by atoms with Gasteiger partial charge in [-0.25, -0.2) is 0 Å². The highest BCUT2D eigenvalue weighted by molar-refractivity contribution is 6.03. The number of fused-ring (bicyclic) bond motifs is 1. The molecule has 0 radical (unpaired) electrons. The molecule has 0 saturated carbocycles. The normalized spacial score (nSPS) is 15.5. The molecule has 0 bridgehead atoms. The Kier molecular flexibility index (Phi) is 6.98. The van der Waals surface area contributed by atoms with Crippen LogP contribution in [0.1, 0.15) is 35.2 Å². The van der Waals surface area contributed by atoms with Crippen LogP contribution in [0.5, 0.6) is 0 Å². The molecule has 0 saturated heterocycles. The molecule has 8 nitrogen and oxygen atoms in total. The predicted molar refractivity (Wildman–Crippen MR) is 125 cm³/mol. The number of hydrazine groups is 2. The SMILES string of the molecule is CC1=C(C(=O)NCCN2C=C(C(=O)NC(C#N)c3ccc(C(F)(F)F)cc3)NN2)Cc2ccccc21. The zero-order chi connectivity index (χ0) is 25.9. The Morgan fingerprint density at radius 1 is 1.14 bits per heavy atom. The number of carbonyl (C=O) groups is 2. The standard InChI is InChI=1S/C25H23F3N6O2/c1-15-19-5-3-2-4-17(19)12-20(15)23(35)30-10-11-34-14-22(32-33-34)24(36)31-21(13-29)16-6-8-18(9-7-16)25(26,27)28/h2-9,14,21,32-33H,10-12H2,1H3,(H,30,35)(H,31,36). The number of nitrogens with zero attached hydrogens (tertiary/aromatic N) is 2. The number of carbonyl (C=O) groups excluding carboxylic acids is 2. The second kappa shape index (κ2) is 10.1. The lowest BCUT2D eigenvalue weighted by Gasteiger charge is -2.15. The first kappa shape index (κ1) is 24.8. The minimum atomic E-state index is -4.49. The minimum Gasteiger partial charge on any atom is -0.350 e. The molecule has 1 aliphatic carbocycles. The van der Waals surface area contributed by atoms with E-state index in [4.69, 9.17) is 0 Å². The van der Waals surface area contributed by atoms with Crippen molar-refractivity contribution in [1.29, 1.82) is 5.26 Å². The zero-order valence-corrected chi connectivity index (χ0v) is 19.2. The summed E-state index contributed by atoms with van der Waals surface area (Å²) < 4.78 is 38.3. The minimum absolute atomic E-state index is 0.110. The second-order valence-corrected chi connectivity index (χ2v) is 8.32. The highest BCUT2D eigenvalue weighted by atomic mass is 19.4. The Balaban J connectivity index is 1.28. The summed E-state index contributed by atoms with van der Waals surface area (Å²) in [6, 6.07) is 12.7. The fourth-order valence-corrected chi connectivity index (χ4v) is 4.02. The first-order chi connectivity index (χ1) is 17.2. The van der Waals surface area contributed by atoms with Crippen LogP contribution < -0.4 is 21.6 Å². The first-order valence-corrected chi connectivity index (χ1v) is 11.1. The Bertz CT molecular complexity index is 1280. The quantitative estimate of drug-likeness (QED) is 0.470. The average Bonchev–Trinajstić information content (AvgIpc) is 3.47. The molecule has 4 rings (SSSR count). The number of alkyl halides is 3. The van der Waals surface area contributed by atoms with E-state index in [0.29, 0.717) is 19.5 Å². The summed E-state index contributed by atoms with van der Waals surface area (Å²) in [6.45, 7) is 2.58. The maximum Gasteiger partial charge on any atom is 0.416 e. The molecule has 4 N–H and O–H groups in total. The van der Waals surface area contributed by atoms with Crippen molar-refractivity contribution in [3.63, 3.8) is 0 Å². The van der Waals surface area contributed by atoms with Crippen molar-refractivity contribution in [2.75, 3.05) is 13.1 Å². The van der Waals surface area contributed by atoms with Crippen LogP contribution in [0.2, 0.25) is 0 Å². The fraction of sp³-hybridized carbons (Fsp3) is 0.240. The number of hydrogen-bond donors (Lipinski definition) is 4. The van der Waals surface area contributed by atoms with E-state index >= 15 is 0 Å². The zero-order valence-electron chi connectivity index (χ0n) is 19.2. The highest BCUT2D eigenvalue weighted by Gasteiger charge is 2.30. The average molecular weight is 496 g/mol. The third-order valence-electron chi connectivity index (χ3n) is 5.99. The van der Waals surface area contributed by atoms with Crippen LogP contribution in [0.3, 0.4) is 0 Å². The molecule has 2 aromatic rings. The van der Waals surface area contributed by atoms with Crippen LogP contribution in [0.15, 0.2) is 66.0 Å². The van der Waals surface area contributed by atoms with Gasteiger partial charge in [-0.2, -0.15) is 18.4 Å². The topological polar surface area (TPSA) is 109 Å². The second-order valence-electron chi connectivity index (χ2n) is 8.32. The first-order valence-electron chi connectivity index (χ1n) is 11.1. The summed E-state index contributed by atoms with van der Waals surface area (Å²) >= 11 is 0. The number of amides is 2. The van der Waals surface area contributed by atoms with E-state index in [9.17, 15) is 28.0 Å². The lowest BCUT2D eigenvalue weighted by atomic mass is 10.1. The summed E-state index contributed by atoms with van der Waals surface area (Å²) in [5.41, 5.74) is 8.83. The lowest BCUT2D eigenvalue weighted by Crippen LogP contribution is -2.42. The molecule has 11 heteroatoms. The Hall–Kier alpha value is -4.30. The van der Waals surface area contributed by atoms with Crippen molar-refractivity contribution in [1.82, 2.24) is 26.6 Å². The third-order valence-corrected chi connectivity index (χ3v) is 5.99. The highest BCUT2D eigenvalue weighted by Crippen LogP contribution is 2.32. The number of halogens is 3. The van der Waals surface area contributed by atoms with E-state index in [2.05, 4.69) is 21.6 Å². The number of nitriles is 1. The molecule has 1 heterocycles. The van der Waals surface area contributed by atoms with E-state index in [-0.39, 0.29) is 17.2 Å². The van der Waals surface area contributed by atoms with Crippen LogP contribution >= 0.6 is 0 Å². The smallest absolute Gasteiger partial charge is 0.350 e. The van der Waals surface area contributed by atoms with Crippen molar-refractivity contribution in [2.45, 2.75) is 25.6 Å². The van der Waals surface area contributed by atoms with Gasteiger partial charge < -0.3 is 10.6 Å². The molecular formula is C25H23F3N6O2. The van der Waals surface area contributed by atoms with E-state index in [1.165, 1.54) is 6.20 Å². The molecule has 0 spiro atoms. The summed E-state index contributed by atoms with van der Waals surface area (Å²) in [5.74, 6) is -0.767. The van der Waals surface area contributed by atoms with Crippen molar-refractivity contribution in [3.05, 3.63) is 88.3 Å². The molecule has 1 atom stereocenters. The molecular weight excluding hydrogens is 473 g/mol. The summed E-state index contributed by atoms with van der Waals surface area (Å²) in [5, 5.41) is 16.3. The van der Waals surface area contributed by atoms with Crippen LogP contribution in [-0.2, 0) is 22.2 Å². The van der Waals surface area contributed by atoms with E-state index in [1.54, 1.807) is 5.01 Å². The predicted octanol–water partition coefficient (Wildman–Crippen LogP) is 2.70. The molecule has 2 aliphatic rings. The van der Waals surface area contributed by atoms with Crippen LogP contribution in [0.25, 0.3) is 5.57 Å². The Morgan fingerprint density at radius 2 is 1.86 bits per heavy atom. The molecule has 0 aromatic heterocycles. The van der Waals surface area contributed by atoms with Gasteiger partial charge in [0.15, 0.2) is 0 Å². The summed E-state index contributed by atoms with van der Waals surface area (Å²) in [6.07, 6.45) is -2.44. The number of nitrogens with one attached hydrogen (secondary N) is 4. The van der Waals surface area contributed by atoms with Gasteiger partial charge in [-0.1, -0.05) is 36.4 Å². The largest absolute Gasteiger partial charge is 0.416 e. The van der Waals surface area contributed by atoms with Crippen molar-refractivity contribution < 1.29 is 22.8 Å². The number of benzene rings is 2. The monoisotopic (exact) mass is 496 g/mol. The fourth-order valence-electron chi connectivity index (χ4n) is 4.02. The number of hydrogen-bond acceptors (Lipinski definition) is 6. The van der Waals surface area contributed by atoms with Gasteiger partial charge in [-0.05, 0) is 41.3 Å². The molecule has 186 valence electrons. The maximum atomic E-state index is 12.8. The van der Waals surface area contributed by atoms with Gasteiger partial charge in [0.25, 0.3) is 5.91 Å². The maximum absolute atomic E-state index is 12.8. The molecule has 36 heavy (non-hydrogen) atoms. The van der Waals surface area contributed by atoms with Gasteiger partial charge in [0.05, 0.1) is 18.2 Å². The van der Waals surface area contributed by atoms with Gasteiger partial charge >= 0.3 is 6.18 Å². The van der Waals surface area contributed by atoms with E-state index < -0.39 is 23.7 Å². The Morgan fingerprint density at radius 3 is 2.53 bits per heavy atom. The van der Waals surface area contributed by atoms with Gasteiger partial charge in [-0.3, -0.25) is 20.0 Å². The van der Waals surface area contributed by atoms with Crippen molar-refractivity contribution in [3.8, 4) is 6.07 Å². The summed E-state index contributed by atoms with van der Waals surface area (Å²) in [7, 11) is 0. The van der Waals surface area contributed by atoms with Gasteiger partial charge in [0.1, 0.15) is 11.7 Å². The molecule has 1 unspecified atom stereocenters. The van der Waals surface area contributed by atoms with Gasteiger partial charge in [-0.15, -0.1) is 5.53 Å². The third kappa shape index (κ3) is 5.34. The number of allylic oxidation sites excluding steroid dienone is 1. The van der Waals surface area contributed by atoms with E-state index in [1.807, 2.05) is 37.3 Å². The van der Waals surface area contributed by atoms with Crippen LogP contribution in [0.4, 0.5) is 13.2 Å². The van der Waals surface area contributed by atoms with Crippen LogP contribution in [0, 0.1) is 11.3 Å². The lowest BCUT2D eigenvalue weighted by molar-refractivity contribution is -0.137. The Labute approximate surface area is 205 Å². The molecule has 0 fully saturated rings. The molecule has 2 aromatic carbocycles.